The van der Waals surface area contributed by atoms with E-state index in [2.05, 4.69) is 20.8 Å². The van der Waals surface area contributed by atoms with Gasteiger partial charge in [-0.2, -0.15) is 5.26 Å². The Labute approximate surface area is 186 Å². The maximum Gasteiger partial charge on any atom is 0.349 e. The van der Waals surface area contributed by atoms with Gasteiger partial charge in [0.2, 0.25) is 0 Å². The zero-order valence-electron chi connectivity index (χ0n) is 19.8. The first-order valence-corrected chi connectivity index (χ1v) is 10.5. The number of carbonyl (C=O) groups excluding carboxylic acids is 2. The smallest absolute Gasteiger partial charge is 0.349 e. The quantitative estimate of drug-likeness (QED) is 0.175. The summed E-state index contributed by atoms with van der Waals surface area (Å²) in [6, 6.07) is 11.4. The first-order valence-electron chi connectivity index (χ1n) is 10.5. The predicted octanol–water partition coefficient (Wildman–Crippen LogP) is 5.72. The van der Waals surface area contributed by atoms with Crippen LogP contribution in [0.25, 0.3) is 6.08 Å². The lowest BCUT2D eigenvalue weighted by Gasteiger charge is -2.43. The lowest BCUT2D eigenvalue weighted by atomic mass is 9.61. The van der Waals surface area contributed by atoms with E-state index in [9.17, 15) is 14.9 Å². The van der Waals surface area contributed by atoms with Crippen LogP contribution in [0.3, 0.4) is 0 Å². The lowest BCUT2D eigenvalue weighted by Crippen LogP contribution is -2.44. The molecule has 0 aliphatic carbocycles. The summed E-state index contributed by atoms with van der Waals surface area (Å²) in [6.45, 7) is 14.1. The normalized spacial score (nSPS) is 14.6. The number of carbonyl (C=O) groups is 2. The molecule has 0 aliphatic rings. The van der Waals surface area contributed by atoms with Crippen molar-refractivity contribution in [3.63, 3.8) is 0 Å². The van der Waals surface area contributed by atoms with Crippen molar-refractivity contribution in [2.75, 3.05) is 13.2 Å². The van der Waals surface area contributed by atoms with E-state index in [1.165, 1.54) is 6.08 Å². The van der Waals surface area contributed by atoms with Gasteiger partial charge in [-0.1, -0.05) is 84.0 Å². The maximum atomic E-state index is 12.9. The molecule has 0 N–H and O–H groups in total. The minimum Gasteiger partial charge on any atom is -0.462 e. The van der Waals surface area contributed by atoms with E-state index in [1.807, 2.05) is 64.1 Å². The van der Waals surface area contributed by atoms with Gasteiger partial charge in [-0.15, -0.1) is 0 Å². The Morgan fingerprint density at radius 2 is 1.55 bits per heavy atom. The molecule has 1 unspecified atom stereocenters. The van der Waals surface area contributed by atoms with Crippen molar-refractivity contribution in [1.29, 1.82) is 5.26 Å². The SMILES string of the molecule is CC(C)(C)CC(C)(C(=O)OCCOC(=O)C(C#N)=CC=Cc1ccccc1)C(C)(C)C. The number of allylic oxidation sites excluding steroid dienone is 2. The van der Waals surface area contributed by atoms with Crippen LogP contribution < -0.4 is 0 Å². The molecule has 0 spiro atoms. The first kappa shape index (κ1) is 26.2. The minimum absolute atomic E-state index is 0.0483. The van der Waals surface area contributed by atoms with Gasteiger partial charge in [0, 0.05) is 0 Å². The van der Waals surface area contributed by atoms with Crippen LogP contribution in [0.15, 0.2) is 48.1 Å². The number of nitriles is 1. The third-order valence-corrected chi connectivity index (χ3v) is 5.23. The molecule has 0 radical (unpaired) electrons. The molecule has 5 nitrogen and oxygen atoms in total. The molecular formula is C26H35NO4. The van der Waals surface area contributed by atoms with Crippen LogP contribution in [0, 0.1) is 27.6 Å². The molecule has 0 heterocycles. The fraction of sp³-hybridized carbons (Fsp3) is 0.500. The Morgan fingerprint density at radius 3 is 2.06 bits per heavy atom. The van der Waals surface area contributed by atoms with Crippen molar-refractivity contribution in [3.8, 4) is 6.07 Å². The Kier molecular flexibility index (Phi) is 9.24. The summed E-state index contributed by atoms with van der Waals surface area (Å²) in [4.78, 5) is 25.0. The molecule has 0 saturated carbocycles. The molecule has 1 aromatic carbocycles. The van der Waals surface area contributed by atoms with E-state index < -0.39 is 11.4 Å². The molecule has 31 heavy (non-hydrogen) atoms. The first-order chi connectivity index (χ1) is 14.3. The molecule has 1 rings (SSSR count). The second-order valence-corrected chi connectivity index (χ2v) is 10.1. The van der Waals surface area contributed by atoms with Gasteiger partial charge in [0.05, 0.1) is 5.41 Å². The van der Waals surface area contributed by atoms with Gasteiger partial charge >= 0.3 is 11.9 Å². The number of ether oxygens (including phenoxy) is 2. The number of benzene rings is 1. The van der Waals surface area contributed by atoms with Crippen LogP contribution >= 0.6 is 0 Å². The van der Waals surface area contributed by atoms with Gasteiger partial charge in [0.15, 0.2) is 0 Å². The van der Waals surface area contributed by atoms with Crippen LogP contribution in [-0.2, 0) is 19.1 Å². The van der Waals surface area contributed by atoms with Gasteiger partial charge in [-0.05, 0) is 35.8 Å². The van der Waals surface area contributed by atoms with Gasteiger partial charge in [0.25, 0.3) is 0 Å². The second-order valence-electron chi connectivity index (χ2n) is 10.1. The summed E-state index contributed by atoms with van der Waals surface area (Å²) in [7, 11) is 0. The van der Waals surface area contributed by atoms with Gasteiger partial charge < -0.3 is 9.47 Å². The van der Waals surface area contributed by atoms with Crippen molar-refractivity contribution in [1.82, 2.24) is 0 Å². The van der Waals surface area contributed by atoms with E-state index in [1.54, 1.807) is 12.2 Å². The topological polar surface area (TPSA) is 76.4 Å². The van der Waals surface area contributed by atoms with Crippen molar-refractivity contribution < 1.29 is 19.1 Å². The highest BCUT2D eigenvalue weighted by molar-refractivity contribution is 5.93. The van der Waals surface area contributed by atoms with E-state index in [0.29, 0.717) is 6.42 Å². The van der Waals surface area contributed by atoms with Crippen molar-refractivity contribution in [3.05, 3.63) is 53.6 Å². The third kappa shape index (κ3) is 8.41. The van der Waals surface area contributed by atoms with Crippen LogP contribution in [0.1, 0.15) is 60.5 Å². The van der Waals surface area contributed by atoms with Crippen LogP contribution in [0.2, 0.25) is 0 Å². The molecule has 168 valence electrons. The Bertz CT molecular complexity index is 848. The summed E-state index contributed by atoms with van der Waals surface area (Å²) in [5.41, 5.74) is -0.197. The average molecular weight is 426 g/mol. The number of hydrogen-bond acceptors (Lipinski definition) is 5. The molecule has 0 saturated heterocycles. The van der Waals surface area contributed by atoms with Crippen molar-refractivity contribution in [2.45, 2.75) is 54.9 Å². The van der Waals surface area contributed by atoms with Crippen LogP contribution in [0.5, 0.6) is 0 Å². The summed E-state index contributed by atoms with van der Waals surface area (Å²) in [5.74, 6) is -1.06. The van der Waals surface area contributed by atoms with E-state index >= 15 is 0 Å². The summed E-state index contributed by atoms with van der Waals surface area (Å²) < 4.78 is 10.6. The Hall–Kier alpha value is -2.87. The molecule has 0 aromatic heterocycles. The predicted molar refractivity (Wildman–Crippen MR) is 123 cm³/mol. The average Bonchev–Trinajstić information content (AvgIpc) is 2.66. The Balaban J connectivity index is 2.64. The van der Waals surface area contributed by atoms with Crippen molar-refractivity contribution >= 4 is 18.0 Å². The number of esters is 2. The molecule has 0 aliphatic heterocycles. The van der Waals surface area contributed by atoms with Gasteiger partial charge in [-0.3, -0.25) is 4.79 Å². The molecule has 0 fully saturated rings. The highest BCUT2D eigenvalue weighted by atomic mass is 16.6. The number of hydrogen-bond donors (Lipinski definition) is 0. The monoisotopic (exact) mass is 425 g/mol. The minimum atomic E-state index is -0.746. The fourth-order valence-electron chi connectivity index (χ4n) is 3.18. The van der Waals surface area contributed by atoms with Crippen LogP contribution in [0.4, 0.5) is 0 Å². The van der Waals surface area contributed by atoms with Gasteiger partial charge in [-0.25, -0.2) is 4.79 Å². The molecular weight excluding hydrogens is 390 g/mol. The van der Waals surface area contributed by atoms with E-state index in [-0.39, 0.29) is 35.6 Å². The molecule has 5 heteroatoms. The highest BCUT2D eigenvalue weighted by Gasteiger charge is 2.47. The number of nitrogens with zero attached hydrogens (tertiary/aromatic N) is 1. The zero-order chi connectivity index (χ0) is 23.7. The Morgan fingerprint density at radius 1 is 0.968 bits per heavy atom. The second kappa shape index (κ2) is 10.9. The third-order valence-electron chi connectivity index (χ3n) is 5.23. The molecule has 0 bridgehead atoms. The zero-order valence-corrected chi connectivity index (χ0v) is 19.8. The molecule has 1 aromatic rings. The standard InChI is InChI=1S/C26H35NO4/c1-24(2,3)19-26(7,25(4,5)6)23(29)31-17-16-30-22(28)21(18-27)15-11-14-20-12-9-8-10-13-20/h8-15H,16-17,19H2,1-7H3. The van der Waals surface area contributed by atoms with E-state index in [0.717, 1.165) is 5.56 Å². The maximum absolute atomic E-state index is 12.9. The van der Waals surface area contributed by atoms with E-state index in [4.69, 9.17) is 9.47 Å². The van der Waals surface area contributed by atoms with Crippen LogP contribution in [-0.4, -0.2) is 25.2 Å². The lowest BCUT2D eigenvalue weighted by molar-refractivity contribution is -0.167. The molecule has 0 amide bonds. The fourth-order valence-corrected chi connectivity index (χ4v) is 3.18. The molecule has 1 atom stereocenters. The largest absolute Gasteiger partial charge is 0.462 e. The summed E-state index contributed by atoms with van der Waals surface area (Å²) in [5, 5.41) is 9.20. The summed E-state index contributed by atoms with van der Waals surface area (Å²) in [6.07, 6.45) is 5.48. The van der Waals surface area contributed by atoms with Gasteiger partial charge in [0.1, 0.15) is 24.9 Å². The number of rotatable bonds is 8. The summed E-state index contributed by atoms with van der Waals surface area (Å²) >= 11 is 0. The highest BCUT2D eigenvalue weighted by Crippen LogP contribution is 2.47. The van der Waals surface area contributed by atoms with Crippen molar-refractivity contribution in [2.24, 2.45) is 16.2 Å².